The Balaban J connectivity index is 2.68. The fourth-order valence-corrected chi connectivity index (χ4v) is 1.20. The Kier molecular flexibility index (Phi) is 3.79. The minimum Gasteiger partial charge on any atom is -0.399 e. The summed E-state index contributed by atoms with van der Waals surface area (Å²) in [5.41, 5.74) is 6.59. The quantitative estimate of drug-likeness (QED) is 0.768. The summed E-state index contributed by atoms with van der Waals surface area (Å²) in [6.07, 6.45) is 0. The number of halogens is 1. The van der Waals surface area contributed by atoms with E-state index in [1.807, 2.05) is 0 Å². The molecule has 0 aromatic heterocycles. The fourth-order valence-electron chi connectivity index (χ4n) is 1.20. The Hall–Kier alpha value is -1.25. The summed E-state index contributed by atoms with van der Waals surface area (Å²) in [6.45, 7) is 9.41. The maximum absolute atomic E-state index is 13.5. The molecule has 0 aliphatic rings. The van der Waals surface area contributed by atoms with Gasteiger partial charge in [-0.15, -0.1) is 0 Å². The summed E-state index contributed by atoms with van der Waals surface area (Å²) in [5.74, 6) is 0.247. The first-order valence-corrected chi connectivity index (χ1v) is 5.62. The molecule has 0 fully saturated rings. The van der Waals surface area contributed by atoms with Crippen molar-refractivity contribution in [3.8, 4) is 0 Å². The van der Waals surface area contributed by atoms with Crippen LogP contribution >= 0.6 is 0 Å². The fraction of sp³-hybridized carbons (Fsp3) is 0.538. The molecule has 0 heterocycles. The molecule has 0 saturated carbocycles. The Labute approximate surface area is 97.0 Å². The lowest BCUT2D eigenvalue weighted by atomic mass is 9.81. The smallest absolute Gasteiger partial charge is 0.148 e. The molecule has 16 heavy (non-hydrogen) atoms. The SMILES string of the molecule is CC(C)C(C)(C)CNc1ccc(N)cc1F. The van der Waals surface area contributed by atoms with E-state index < -0.39 is 0 Å². The van der Waals surface area contributed by atoms with E-state index in [4.69, 9.17) is 5.73 Å². The van der Waals surface area contributed by atoms with Gasteiger partial charge in [-0.1, -0.05) is 27.7 Å². The maximum Gasteiger partial charge on any atom is 0.148 e. The number of hydrogen-bond acceptors (Lipinski definition) is 2. The molecule has 0 spiro atoms. The number of hydrogen-bond donors (Lipinski definition) is 2. The largest absolute Gasteiger partial charge is 0.399 e. The van der Waals surface area contributed by atoms with Crippen LogP contribution in [0.1, 0.15) is 27.7 Å². The van der Waals surface area contributed by atoms with Gasteiger partial charge in [0.25, 0.3) is 0 Å². The molecule has 3 N–H and O–H groups in total. The van der Waals surface area contributed by atoms with E-state index >= 15 is 0 Å². The molecule has 1 aromatic carbocycles. The lowest BCUT2D eigenvalue weighted by molar-refractivity contribution is 0.269. The molecule has 0 unspecified atom stereocenters. The molecule has 0 amide bonds. The lowest BCUT2D eigenvalue weighted by Gasteiger charge is -2.30. The molecule has 3 heteroatoms. The summed E-state index contributed by atoms with van der Waals surface area (Å²) in [4.78, 5) is 0. The third-order valence-electron chi connectivity index (χ3n) is 3.29. The molecule has 0 aliphatic heterocycles. The number of rotatable bonds is 4. The first kappa shape index (κ1) is 12.8. The molecule has 2 nitrogen and oxygen atoms in total. The van der Waals surface area contributed by atoms with Gasteiger partial charge < -0.3 is 11.1 Å². The third kappa shape index (κ3) is 3.12. The summed E-state index contributed by atoms with van der Waals surface area (Å²) >= 11 is 0. The molecular formula is C13H21FN2. The van der Waals surface area contributed by atoms with Crippen molar-refractivity contribution < 1.29 is 4.39 Å². The molecule has 0 bridgehead atoms. The zero-order valence-electron chi connectivity index (χ0n) is 10.5. The van der Waals surface area contributed by atoms with Gasteiger partial charge in [-0.3, -0.25) is 0 Å². The second-order valence-electron chi connectivity index (χ2n) is 5.24. The molecule has 90 valence electrons. The highest BCUT2D eigenvalue weighted by Gasteiger charge is 2.22. The van der Waals surface area contributed by atoms with Gasteiger partial charge >= 0.3 is 0 Å². The van der Waals surface area contributed by atoms with Crippen molar-refractivity contribution in [2.45, 2.75) is 27.7 Å². The van der Waals surface area contributed by atoms with Crippen LogP contribution in [0.5, 0.6) is 0 Å². The van der Waals surface area contributed by atoms with E-state index in [1.54, 1.807) is 12.1 Å². The number of anilines is 2. The number of nitrogen functional groups attached to an aromatic ring is 1. The van der Waals surface area contributed by atoms with Crippen LogP contribution in [0.2, 0.25) is 0 Å². The van der Waals surface area contributed by atoms with Crippen LogP contribution in [0, 0.1) is 17.2 Å². The van der Waals surface area contributed by atoms with E-state index in [1.165, 1.54) is 6.07 Å². The summed E-state index contributed by atoms with van der Waals surface area (Å²) < 4.78 is 13.5. The van der Waals surface area contributed by atoms with Crippen molar-refractivity contribution in [3.05, 3.63) is 24.0 Å². The van der Waals surface area contributed by atoms with Gasteiger partial charge in [0.15, 0.2) is 0 Å². The third-order valence-corrected chi connectivity index (χ3v) is 3.29. The first-order valence-electron chi connectivity index (χ1n) is 5.62. The zero-order chi connectivity index (χ0) is 12.3. The minimum absolute atomic E-state index is 0.133. The van der Waals surface area contributed by atoms with Gasteiger partial charge in [0.1, 0.15) is 5.82 Å². The van der Waals surface area contributed by atoms with Gasteiger partial charge in [0.05, 0.1) is 5.69 Å². The van der Waals surface area contributed by atoms with Crippen LogP contribution < -0.4 is 11.1 Å². The number of benzene rings is 1. The van der Waals surface area contributed by atoms with Crippen LogP contribution in [-0.4, -0.2) is 6.54 Å². The first-order chi connectivity index (χ1) is 7.33. The molecule has 0 radical (unpaired) electrons. The molecule has 0 saturated heterocycles. The van der Waals surface area contributed by atoms with Crippen molar-refractivity contribution in [2.24, 2.45) is 11.3 Å². The molecule has 0 atom stereocenters. The maximum atomic E-state index is 13.5. The number of nitrogens with two attached hydrogens (primary N) is 1. The highest BCUT2D eigenvalue weighted by atomic mass is 19.1. The van der Waals surface area contributed by atoms with Crippen molar-refractivity contribution >= 4 is 11.4 Å². The summed E-state index contributed by atoms with van der Waals surface area (Å²) in [7, 11) is 0. The Bertz CT molecular complexity index is 359. The average Bonchev–Trinajstić information content (AvgIpc) is 2.16. The Morgan fingerprint density at radius 3 is 2.50 bits per heavy atom. The minimum atomic E-state index is -0.292. The van der Waals surface area contributed by atoms with E-state index in [-0.39, 0.29) is 11.2 Å². The van der Waals surface area contributed by atoms with Crippen molar-refractivity contribution in [1.82, 2.24) is 0 Å². The van der Waals surface area contributed by atoms with Crippen LogP contribution in [0.3, 0.4) is 0 Å². The van der Waals surface area contributed by atoms with Crippen molar-refractivity contribution in [3.63, 3.8) is 0 Å². The van der Waals surface area contributed by atoms with Crippen LogP contribution in [0.15, 0.2) is 18.2 Å². The highest BCUT2D eigenvalue weighted by molar-refractivity contribution is 5.52. The Morgan fingerprint density at radius 2 is 2.00 bits per heavy atom. The molecule has 1 rings (SSSR count). The van der Waals surface area contributed by atoms with Gasteiger partial charge in [-0.25, -0.2) is 4.39 Å². The molecule has 0 aliphatic carbocycles. The zero-order valence-corrected chi connectivity index (χ0v) is 10.5. The van der Waals surface area contributed by atoms with Gasteiger partial charge in [0.2, 0.25) is 0 Å². The van der Waals surface area contributed by atoms with E-state index in [2.05, 4.69) is 33.0 Å². The molecule has 1 aromatic rings. The van der Waals surface area contributed by atoms with Crippen LogP contribution in [-0.2, 0) is 0 Å². The van der Waals surface area contributed by atoms with Crippen LogP contribution in [0.25, 0.3) is 0 Å². The lowest BCUT2D eigenvalue weighted by Crippen LogP contribution is -2.28. The van der Waals surface area contributed by atoms with Crippen LogP contribution in [0.4, 0.5) is 15.8 Å². The monoisotopic (exact) mass is 224 g/mol. The average molecular weight is 224 g/mol. The standard InChI is InChI=1S/C13H21FN2/c1-9(2)13(3,4)8-16-12-6-5-10(15)7-11(12)14/h5-7,9,16H,8,15H2,1-4H3. The van der Waals surface area contributed by atoms with Gasteiger partial charge in [-0.05, 0) is 29.5 Å². The predicted octanol–water partition coefficient (Wildman–Crippen LogP) is 3.50. The Morgan fingerprint density at radius 1 is 1.38 bits per heavy atom. The molecular weight excluding hydrogens is 203 g/mol. The van der Waals surface area contributed by atoms with E-state index in [0.717, 1.165) is 6.54 Å². The predicted molar refractivity (Wildman–Crippen MR) is 67.9 cm³/mol. The summed E-state index contributed by atoms with van der Waals surface area (Å²) in [5, 5.41) is 3.13. The second kappa shape index (κ2) is 4.73. The van der Waals surface area contributed by atoms with Gasteiger partial charge in [-0.2, -0.15) is 0 Å². The van der Waals surface area contributed by atoms with Gasteiger partial charge in [0, 0.05) is 12.2 Å². The number of nitrogens with one attached hydrogen (secondary N) is 1. The topological polar surface area (TPSA) is 38.0 Å². The van der Waals surface area contributed by atoms with E-state index in [0.29, 0.717) is 17.3 Å². The second-order valence-corrected chi connectivity index (χ2v) is 5.24. The van der Waals surface area contributed by atoms with Crippen molar-refractivity contribution in [2.75, 3.05) is 17.6 Å². The normalized spacial score (nSPS) is 11.9. The summed E-state index contributed by atoms with van der Waals surface area (Å²) in [6, 6.07) is 4.72. The highest BCUT2D eigenvalue weighted by Crippen LogP contribution is 2.27. The van der Waals surface area contributed by atoms with E-state index in [9.17, 15) is 4.39 Å². The van der Waals surface area contributed by atoms with Crippen molar-refractivity contribution in [1.29, 1.82) is 0 Å².